The standard InChI is InChI=1S/C22H31N3O2/c1-4-23-22(24-14-20-13-9-8-10-17(20)2)25-15-21(26)16-27-18(3)19-11-6-5-7-12-19/h5-13,18,21,26H,4,14-16H2,1-3H3,(H2,23,24,25). The molecule has 2 atom stereocenters. The minimum Gasteiger partial charge on any atom is -0.389 e. The van der Waals surface area contributed by atoms with Gasteiger partial charge in [0.2, 0.25) is 0 Å². The molecular formula is C22H31N3O2. The van der Waals surface area contributed by atoms with Crippen LogP contribution in [0.5, 0.6) is 0 Å². The Morgan fingerprint density at radius 3 is 2.48 bits per heavy atom. The molecule has 0 amide bonds. The fourth-order valence-corrected chi connectivity index (χ4v) is 2.64. The summed E-state index contributed by atoms with van der Waals surface area (Å²) in [5.41, 5.74) is 3.52. The summed E-state index contributed by atoms with van der Waals surface area (Å²) in [7, 11) is 0. The number of guanidine groups is 1. The number of hydrogen-bond donors (Lipinski definition) is 3. The van der Waals surface area contributed by atoms with Crippen LogP contribution in [0.25, 0.3) is 0 Å². The number of hydrogen-bond acceptors (Lipinski definition) is 3. The van der Waals surface area contributed by atoms with Gasteiger partial charge in [-0.1, -0.05) is 54.6 Å². The largest absolute Gasteiger partial charge is 0.389 e. The third-order valence-corrected chi connectivity index (χ3v) is 4.33. The Kier molecular flexibility index (Phi) is 8.81. The van der Waals surface area contributed by atoms with E-state index in [1.807, 2.05) is 56.3 Å². The molecule has 0 aliphatic carbocycles. The van der Waals surface area contributed by atoms with Crippen LogP contribution < -0.4 is 10.6 Å². The van der Waals surface area contributed by atoms with Crippen LogP contribution in [-0.2, 0) is 11.3 Å². The molecule has 2 aromatic carbocycles. The zero-order valence-corrected chi connectivity index (χ0v) is 16.5. The van der Waals surface area contributed by atoms with Crippen LogP contribution in [0.15, 0.2) is 59.6 Å². The van der Waals surface area contributed by atoms with Gasteiger partial charge in [0.25, 0.3) is 0 Å². The number of rotatable bonds is 9. The fourth-order valence-electron chi connectivity index (χ4n) is 2.64. The third kappa shape index (κ3) is 7.41. The summed E-state index contributed by atoms with van der Waals surface area (Å²) in [5, 5.41) is 16.6. The van der Waals surface area contributed by atoms with Crippen molar-refractivity contribution in [3.8, 4) is 0 Å². The Balaban J connectivity index is 1.80. The highest BCUT2D eigenvalue weighted by molar-refractivity contribution is 5.79. The first-order valence-corrected chi connectivity index (χ1v) is 9.51. The highest BCUT2D eigenvalue weighted by atomic mass is 16.5. The second kappa shape index (κ2) is 11.4. The van der Waals surface area contributed by atoms with Gasteiger partial charge in [0.15, 0.2) is 5.96 Å². The minimum atomic E-state index is -0.613. The lowest BCUT2D eigenvalue weighted by molar-refractivity contribution is -0.000599. The van der Waals surface area contributed by atoms with E-state index < -0.39 is 6.10 Å². The first-order chi connectivity index (χ1) is 13.1. The summed E-state index contributed by atoms with van der Waals surface area (Å²) in [6.45, 7) is 8.09. The van der Waals surface area contributed by atoms with Crippen molar-refractivity contribution >= 4 is 5.96 Å². The van der Waals surface area contributed by atoms with Crippen molar-refractivity contribution in [2.24, 2.45) is 4.99 Å². The molecule has 0 bridgehead atoms. The molecule has 0 heterocycles. The average molecular weight is 370 g/mol. The molecule has 0 radical (unpaired) electrons. The van der Waals surface area contributed by atoms with E-state index in [4.69, 9.17) is 4.74 Å². The highest BCUT2D eigenvalue weighted by Crippen LogP contribution is 2.15. The Labute approximate surface area is 162 Å². The minimum absolute atomic E-state index is 0.0520. The molecule has 0 saturated heterocycles. The second-order valence-corrected chi connectivity index (χ2v) is 6.54. The van der Waals surface area contributed by atoms with Gasteiger partial charge < -0.3 is 20.5 Å². The van der Waals surface area contributed by atoms with E-state index in [0.717, 1.165) is 12.1 Å². The van der Waals surface area contributed by atoms with E-state index >= 15 is 0 Å². The van der Waals surface area contributed by atoms with Crippen molar-refractivity contribution in [1.29, 1.82) is 0 Å². The molecule has 27 heavy (non-hydrogen) atoms. The van der Waals surface area contributed by atoms with Gasteiger partial charge in [-0.05, 0) is 37.5 Å². The quantitative estimate of drug-likeness (QED) is 0.469. The smallest absolute Gasteiger partial charge is 0.191 e. The zero-order valence-electron chi connectivity index (χ0n) is 16.5. The van der Waals surface area contributed by atoms with Gasteiger partial charge in [-0.15, -0.1) is 0 Å². The maximum atomic E-state index is 10.2. The lowest BCUT2D eigenvalue weighted by Crippen LogP contribution is -2.42. The molecular weight excluding hydrogens is 338 g/mol. The van der Waals surface area contributed by atoms with Gasteiger partial charge in [0, 0.05) is 13.1 Å². The molecule has 2 aromatic rings. The van der Waals surface area contributed by atoms with Crippen LogP contribution in [-0.4, -0.2) is 36.9 Å². The van der Waals surface area contributed by atoms with Crippen LogP contribution in [0, 0.1) is 6.92 Å². The summed E-state index contributed by atoms with van der Waals surface area (Å²) in [6, 6.07) is 18.2. The predicted octanol–water partition coefficient (Wildman–Crippen LogP) is 3.19. The second-order valence-electron chi connectivity index (χ2n) is 6.54. The Hall–Kier alpha value is -2.37. The molecule has 0 fully saturated rings. The van der Waals surface area contributed by atoms with Gasteiger partial charge in [-0.3, -0.25) is 0 Å². The number of aliphatic hydroxyl groups is 1. The van der Waals surface area contributed by atoms with Crippen LogP contribution in [0.2, 0.25) is 0 Å². The molecule has 0 aliphatic heterocycles. The predicted molar refractivity (Wildman–Crippen MR) is 111 cm³/mol. The van der Waals surface area contributed by atoms with Crippen molar-refractivity contribution < 1.29 is 9.84 Å². The lowest BCUT2D eigenvalue weighted by atomic mass is 10.1. The van der Waals surface area contributed by atoms with Gasteiger partial charge in [-0.2, -0.15) is 0 Å². The van der Waals surface area contributed by atoms with Crippen LogP contribution >= 0.6 is 0 Å². The number of aliphatic imine (C=N–C) groups is 1. The molecule has 0 aliphatic rings. The zero-order chi connectivity index (χ0) is 19.5. The molecule has 146 valence electrons. The van der Waals surface area contributed by atoms with Gasteiger partial charge >= 0.3 is 0 Å². The molecule has 5 nitrogen and oxygen atoms in total. The molecule has 2 rings (SSSR count). The van der Waals surface area contributed by atoms with E-state index in [0.29, 0.717) is 19.0 Å². The van der Waals surface area contributed by atoms with E-state index in [-0.39, 0.29) is 12.7 Å². The molecule has 0 spiro atoms. The topological polar surface area (TPSA) is 65.9 Å². The van der Waals surface area contributed by atoms with E-state index in [9.17, 15) is 5.11 Å². The maximum absolute atomic E-state index is 10.2. The summed E-state index contributed by atoms with van der Waals surface area (Å²) in [5.74, 6) is 0.691. The summed E-state index contributed by atoms with van der Waals surface area (Å²) in [6.07, 6.45) is -0.665. The number of nitrogens with zero attached hydrogens (tertiary/aromatic N) is 1. The van der Waals surface area contributed by atoms with E-state index in [1.54, 1.807) is 0 Å². The summed E-state index contributed by atoms with van der Waals surface area (Å²) in [4.78, 5) is 4.60. The number of nitrogens with one attached hydrogen (secondary N) is 2. The van der Waals surface area contributed by atoms with Crippen LogP contribution in [0.1, 0.15) is 36.6 Å². The fraction of sp³-hybridized carbons (Fsp3) is 0.409. The van der Waals surface area contributed by atoms with Crippen LogP contribution in [0.4, 0.5) is 0 Å². The van der Waals surface area contributed by atoms with Gasteiger partial charge in [-0.25, -0.2) is 4.99 Å². The lowest BCUT2D eigenvalue weighted by Gasteiger charge is -2.18. The number of benzene rings is 2. The molecule has 2 unspecified atom stereocenters. The van der Waals surface area contributed by atoms with Crippen molar-refractivity contribution in [3.05, 3.63) is 71.3 Å². The van der Waals surface area contributed by atoms with Crippen molar-refractivity contribution in [2.75, 3.05) is 19.7 Å². The highest BCUT2D eigenvalue weighted by Gasteiger charge is 2.10. The first kappa shape index (κ1) is 20.9. The van der Waals surface area contributed by atoms with Crippen molar-refractivity contribution in [3.63, 3.8) is 0 Å². The van der Waals surface area contributed by atoms with Crippen LogP contribution in [0.3, 0.4) is 0 Å². The normalized spacial score (nSPS) is 13.9. The molecule has 5 heteroatoms. The monoisotopic (exact) mass is 369 g/mol. The average Bonchev–Trinajstić information content (AvgIpc) is 2.70. The Morgan fingerprint density at radius 1 is 1.07 bits per heavy atom. The SMILES string of the molecule is CCNC(=NCc1ccccc1C)NCC(O)COC(C)c1ccccc1. The third-order valence-electron chi connectivity index (χ3n) is 4.33. The summed E-state index contributed by atoms with van der Waals surface area (Å²) < 4.78 is 5.78. The molecule has 0 aromatic heterocycles. The van der Waals surface area contributed by atoms with Gasteiger partial charge in [0.05, 0.1) is 25.4 Å². The number of ether oxygens (including phenoxy) is 1. The molecule has 0 saturated carbocycles. The number of aliphatic hydroxyl groups excluding tert-OH is 1. The Morgan fingerprint density at radius 2 is 1.78 bits per heavy atom. The first-order valence-electron chi connectivity index (χ1n) is 9.51. The Bertz CT molecular complexity index is 704. The molecule has 3 N–H and O–H groups in total. The van der Waals surface area contributed by atoms with Gasteiger partial charge in [0.1, 0.15) is 0 Å². The van der Waals surface area contributed by atoms with Crippen molar-refractivity contribution in [2.45, 2.75) is 39.5 Å². The van der Waals surface area contributed by atoms with E-state index in [2.05, 4.69) is 34.7 Å². The van der Waals surface area contributed by atoms with E-state index in [1.165, 1.54) is 11.1 Å². The van der Waals surface area contributed by atoms with Crippen molar-refractivity contribution in [1.82, 2.24) is 10.6 Å². The number of aryl methyl sites for hydroxylation is 1. The summed E-state index contributed by atoms with van der Waals surface area (Å²) >= 11 is 0. The maximum Gasteiger partial charge on any atom is 0.191 e.